The molecule has 0 radical (unpaired) electrons. The second-order valence-electron chi connectivity index (χ2n) is 10.2. The minimum atomic E-state index is -0.250. The van der Waals surface area contributed by atoms with Gasteiger partial charge in [0.15, 0.2) is 0 Å². The van der Waals surface area contributed by atoms with E-state index in [1.54, 1.807) is 18.6 Å². The molecule has 36 heavy (non-hydrogen) atoms. The lowest BCUT2D eigenvalue weighted by Crippen LogP contribution is -2.41. The minimum absolute atomic E-state index is 0.00105. The highest BCUT2D eigenvalue weighted by Gasteiger charge is 2.41. The van der Waals surface area contributed by atoms with Crippen molar-refractivity contribution >= 4 is 5.91 Å². The van der Waals surface area contributed by atoms with Gasteiger partial charge in [-0.05, 0) is 109 Å². The fraction of sp³-hybridized carbons (Fsp3) is 0.300. The Morgan fingerprint density at radius 1 is 1.03 bits per heavy atom. The van der Waals surface area contributed by atoms with Gasteiger partial charge in [0, 0.05) is 37.2 Å². The third kappa shape index (κ3) is 4.21. The fourth-order valence-corrected chi connectivity index (χ4v) is 5.59. The molecule has 0 saturated heterocycles. The number of nitrogens with zero attached hydrogens (tertiary/aromatic N) is 4. The Labute approximate surface area is 210 Å². The second-order valence-corrected chi connectivity index (χ2v) is 10.2. The van der Waals surface area contributed by atoms with Gasteiger partial charge in [0.1, 0.15) is 5.82 Å². The van der Waals surface area contributed by atoms with E-state index in [0.29, 0.717) is 19.0 Å². The van der Waals surface area contributed by atoms with Crippen LogP contribution in [0.2, 0.25) is 0 Å². The highest BCUT2D eigenvalue weighted by Crippen LogP contribution is 2.46. The maximum absolute atomic E-state index is 14.1. The molecule has 5 nitrogen and oxygen atoms in total. The normalized spacial score (nSPS) is 16.2. The van der Waals surface area contributed by atoms with Crippen molar-refractivity contribution < 1.29 is 9.18 Å². The summed E-state index contributed by atoms with van der Waals surface area (Å²) in [5, 5.41) is 0. The van der Waals surface area contributed by atoms with Gasteiger partial charge in [0.2, 0.25) is 0 Å². The van der Waals surface area contributed by atoms with Gasteiger partial charge in [-0.1, -0.05) is 6.07 Å². The fourth-order valence-electron chi connectivity index (χ4n) is 5.59. The van der Waals surface area contributed by atoms with Crippen LogP contribution < -0.4 is 0 Å². The molecule has 6 rings (SSSR count). The van der Waals surface area contributed by atoms with Gasteiger partial charge in [0.25, 0.3) is 5.91 Å². The van der Waals surface area contributed by atoms with Gasteiger partial charge in [-0.2, -0.15) is 0 Å². The van der Waals surface area contributed by atoms with Crippen LogP contribution in [0.3, 0.4) is 0 Å². The molecule has 1 saturated carbocycles. The van der Waals surface area contributed by atoms with Crippen LogP contribution >= 0.6 is 0 Å². The van der Waals surface area contributed by atoms with Gasteiger partial charge < -0.3 is 9.47 Å². The Morgan fingerprint density at radius 2 is 1.86 bits per heavy atom. The predicted molar refractivity (Wildman–Crippen MR) is 137 cm³/mol. The molecule has 1 amide bonds. The number of aryl methyl sites for hydroxylation is 2. The molecule has 0 spiro atoms. The highest BCUT2D eigenvalue weighted by molar-refractivity contribution is 5.99. The van der Waals surface area contributed by atoms with Crippen molar-refractivity contribution in [3.05, 3.63) is 107 Å². The zero-order valence-electron chi connectivity index (χ0n) is 20.6. The van der Waals surface area contributed by atoms with E-state index < -0.39 is 0 Å². The van der Waals surface area contributed by atoms with E-state index in [9.17, 15) is 9.18 Å². The van der Waals surface area contributed by atoms with Crippen LogP contribution in [0, 0.1) is 25.6 Å². The lowest BCUT2D eigenvalue weighted by atomic mass is 9.86. The summed E-state index contributed by atoms with van der Waals surface area (Å²) in [5.74, 6) is 0.266. The maximum atomic E-state index is 14.1. The molecule has 1 atom stereocenters. The van der Waals surface area contributed by atoms with Gasteiger partial charge in [-0.15, -0.1) is 0 Å². The van der Waals surface area contributed by atoms with Crippen LogP contribution in [-0.4, -0.2) is 31.9 Å². The van der Waals surface area contributed by atoms with Crippen LogP contribution in [0.5, 0.6) is 0 Å². The van der Waals surface area contributed by atoms with E-state index in [2.05, 4.69) is 29.0 Å². The van der Waals surface area contributed by atoms with Crippen LogP contribution in [0.4, 0.5) is 4.39 Å². The number of carbonyl (C=O) groups is 1. The average molecular weight is 481 g/mol. The van der Waals surface area contributed by atoms with Gasteiger partial charge in [-0.25, -0.2) is 9.37 Å². The summed E-state index contributed by atoms with van der Waals surface area (Å²) in [5.41, 5.74) is 7.82. The van der Waals surface area contributed by atoms with Crippen molar-refractivity contribution in [3.63, 3.8) is 0 Å². The Balaban J connectivity index is 1.46. The molecule has 3 heterocycles. The molecule has 1 aliphatic carbocycles. The lowest BCUT2D eigenvalue weighted by Gasteiger charge is -2.36. The summed E-state index contributed by atoms with van der Waals surface area (Å²) in [4.78, 5) is 25.0. The van der Waals surface area contributed by atoms with Crippen molar-refractivity contribution in [2.45, 2.75) is 45.7 Å². The van der Waals surface area contributed by atoms with Crippen LogP contribution in [0.15, 0.2) is 67.4 Å². The molecule has 0 unspecified atom stereocenters. The summed E-state index contributed by atoms with van der Waals surface area (Å²) < 4.78 is 15.9. The largest absolute Gasteiger partial charge is 0.333 e. The quantitative estimate of drug-likeness (QED) is 0.345. The first-order valence-electron chi connectivity index (χ1n) is 12.6. The minimum Gasteiger partial charge on any atom is -0.333 e. The Morgan fingerprint density at radius 3 is 2.58 bits per heavy atom. The number of benzene rings is 2. The first kappa shape index (κ1) is 22.7. The summed E-state index contributed by atoms with van der Waals surface area (Å²) in [6.07, 6.45) is 10.3. The zero-order valence-corrected chi connectivity index (χ0v) is 20.6. The van der Waals surface area contributed by atoms with E-state index in [4.69, 9.17) is 0 Å². The Hall–Kier alpha value is -3.80. The summed E-state index contributed by atoms with van der Waals surface area (Å²) in [6, 6.07) is 13.2. The van der Waals surface area contributed by atoms with Gasteiger partial charge in [0.05, 0.1) is 18.1 Å². The van der Waals surface area contributed by atoms with Crippen molar-refractivity contribution in [2.24, 2.45) is 5.92 Å². The molecule has 182 valence electrons. The number of fused-ring (bicyclic) bond motifs is 1. The van der Waals surface area contributed by atoms with Crippen molar-refractivity contribution in [2.75, 3.05) is 6.54 Å². The van der Waals surface area contributed by atoms with Crippen LogP contribution in [0.1, 0.15) is 57.2 Å². The first-order valence-corrected chi connectivity index (χ1v) is 12.6. The van der Waals surface area contributed by atoms with E-state index in [0.717, 1.165) is 63.9 Å². The number of pyridine rings is 1. The van der Waals surface area contributed by atoms with Gasteiger partial charge >= 0.3 is 0 Å². The third-order valence-corrected chi connectivity index (χ3v) is 7.45. The summed E-state index contributed by atoms with van der Waals surface area (Å²) >= 11 is 0. The smallest absolute Gasteiger partial charge is 0.254 e. The SMILES string of the molecule is Cc1ccnc([C@H](C2CC2)N2CCc3c(cc(Cn4ccnc4)cc3-c3ccc(F)cc3C)C2=O)c1. The number of hydrogen-bond donors (Lipinski definition) is 0. The topological polar surface area (TPSA) is 51.0 Å². The Bertz CT molecular complexity index is 1440. The maximum Gasteiger partial charge on any atom is 0.254 e. The van der Waals surface area contributed by atoms with E-state index in [1.165, 1.54) is 6.07 Å². The van der Waals surface area contributed by atoms with Crippen molar-refractivity contribution in [1.82, 2.24) is 19.4 Å². The first-order chi connectivity index (χ1) is 17.5. The van der Waals surface area contributed by atoms with Crippen molar-refractivity contribution in [3.8, 4) is 11.1 Å². The summed E-state index contributed by atoms with van der Waals surface area (Å²) in [6.45, 7) is 5.26. The lowest BCUT2D eigenvalue weighted by molar-refractivity contribution is 0.0627. The molecular formula is C30H29FN4O. The highest BCUT2D eigenvalue weighted by atomic mass is 19.1. The van der Waals surface area contributed by atoms with E-state index >= 15 is 0 Å². The van der Waals surface area contributed by atoms with Crippen molar-refractivity contribution in [1.29, 1.82) is 0 Å². The van der Waals surface area contributed by atoms with E-state index in [1.807, 2.05) is 47.0 Å². The number of halogens is 1. The molecule has 0 bridgehead atoms. The van der Waals surface area contributed by atoms with Crippen LogP contribution in [0.25, 0.3) is 11.1 Å². The second kappa shape index (κ2) is 9.01. The molecule has 6 heteroatoms. The zero-order chi connectivity index (χ0) is 24.8. The molecule has 1 fully saturated rings. The standard InChI is InChI=1S/C30H29FN4O/c1-19-7-9-33-28(13-19)29(22-3-4-22)35-11-8-25-26(24-6-5-23(31)14-20(24)2)15-21(16-27(25)30(35)36)17-34-12-10-32-18-34/h5-7,9-10,12-16,18,22,29H,3-4,8,11,17H2,1-2H3/t29-/m0/s1. The molecular weight excluding hydrogens is 451 g/mol. The third-order valence-electron chi connectivity index (χ3n) is 7.45. The summed E-state index contributed by atoms with van der Waals surface area (Å²) in [7, 11) is 0. The number of rotatable bonds is 6. The number of amides is 1. The number of carbonyl (C=O) groups excluding carboxylic acids is 1. The monoisotopic (exact) mass is 480 g/mol. The van der Waals surface area contributed by atoms with Gasteiger partial charge in [-0.3, -0.25) is 9.78 Å². The molecule has 4 aromatic rings. The number of aromatic nitrogens is 3. The molecule has 0 N–H and O–H groups in total. The molecule has 2 aliphatic rings. The average Bonchev–Trinajstić information content (AvgIpc) is 3.55. The van der Waals surface area contributed by atoms with Crippen LogP contribution in [-0.2, 0) is 13.0 Å². The molecule has 2 aromatic carbocycles. The number of imidazole rings is 1. The Kier molecular flexibility index (Phi) is 5.67. The number of hydrogen-bond acceptors (Lipinski definition) is 3. The predicted octanol–water partition coefficient (Wildman–Crippen LogP) is 5.90. The molecule has 2 aromatic heterocycles. The van der Waals surface area contributed by atoms with E-state index in [-0.39, 0.29) is 17.8 Å². The molecule has 1 aliphatic heterocycles.